The maximum atomic E-state index is 12.2. The van der Waals surface area contributed by atoms with Crippen molar-refractivity contribution in [3.8, 4) is 5.75 Å². The monoisotopic (exact) mass is 275 g/mol. The van der Waals surface area contributed by atoms with Crippen molar-refractivity contribution in [1.82, 2.24) is 19.9 Å². The van der Waals surface area contributed by atoms with E-state index in [1.165, 1.54) is 0 Å². The van der Waals surface area contributed by atoms with E-state index in [1.807, 2.05) is 0 Å². The maximum absolute atomic E-state index is 12.2. The van der Waals surface area contributed by atoms with Crippen LogP contribution in [0, 0.1) is 0 Å². The zero-order valence-corrected chi connectivity index (χ0v) is 11.2. The number of phenols is 1. The number of hydrogen-bond donors (Lipinski definition) is 2. The van der Waals surface area contributed by atoms with E-state index in [1.54, 1.807) is 47.1 Å². The standard InChI is InChI=1S/C13H17N5O2/c1-17(8-10-2-4-11(19)5-3-10)13(20)12-9-18(7-6-14)16-15-12/h2-5,9,19H,6-8,14H2,1H3. The maximum Gasteiger partial charge on any atom is 0.276 e. The number of rotatable bonds is 5. The highest BCUT2D eigenvalue weighted by molar-refractivity contribution is 5.91. The van der Waals surface area contributed by atoms with Crippen LogP contribution in [0.3, 0.4) is 0 Å². The normalized spacial score (nSPS) is 10.5. The SMILES string of the molecule is CN(Cc1ccc(O)cc1)C(=O)c1cn(CCN)nn1. The molecule has 0 atom stereocenters. The van der Waals surface area contributed by atoms with E-state index in [0.29, 0.717) is 25.3 Å². The number of nitrogens with zero attached hydrogens (tertiary/aromatic N) is 4. The molecule has 7 heteroatoms. The summed E-state index contributed by atoms with van der Waals surface area (Å²) < 4.78 is 1.54. The number of aromatic hydroxyl groups is 1. The number of benzene rings is 1. The molecule has 0 bridgehead atoms. The number of carbonyl (C=O) groups is 1. The molecule has 20 heavy (non-hydrogen) atoms. The van der Waals surface area contributed by atoms with Gasteiger partial charge in [-0.3, -0.25) is 9.48 Å². The third-order valence-electron chi connectivity index (χ3n) is 2.82. The molecule has 2 aromatic rings. The summed E-state index contributed by atoms with van der Waals surface area (Å²) in [6, 6.07) is 6.71. The van der Waals surface area contributed by atoms with Crippen molar-refractivity contribution in [2.75, 3.05) is 13.6 Å². The van der Waals surface area contributed by atoms with Crippen LogP contribution in [0.25, 0.3) is 0 Å². The molecule has 3 N–H and O–H groups in total. The molecule has 1 aromatic carbocycles. The summed E-state index contributed by atoms with van der Waals surface area (Å²) in [5.41, 5.74) is 6.63. The van der Waals surface area contributed by atoms with Crippen LogP contribution in [-0.2, 0) is 13.1 Å². The van der Waals surface area contributed by atoms with E-state index >= 15 is 0 Å². The van der Waals surface area contributed by atoms with Gasteiger partial charge in [-0.2, -0.15) is 0 Å². The van der Waals surface area contributed by atoms with E-state index in [2.05, 4.69) is 10.3 Å². The van der Waals surface area contributed by atoms with Crippen molar-refractivity contribution >= 4 is 5.91 Å². The molecule has 0 fully saturated rings. The Morgan fingerprint density at radius 2 is 2.10 bits per heavy atom. The minimum absolute atomic E-state index is 0.201. The fourth-order valence-electron chi connectivity index (χ4n) is 1.78. The van der Waals surface area contributed by atoms with Crippen LogP contribution in [0.5, 0.6) is 5.75 Å². The van der Waals surface area contributed by atoms with Crippen LogP contribution < -0.4 is 5.73 Å². The van der Waals surface area contributed by atoms with Crippen molar-refractivity contribution in [3.63, 3.8) is 0 Å². The molecule has 0 radical (unpaired) electrons. The Morgan fingerprint density at radius 3 is 2.75 bits per heavy atom. The molecule has 0 saturated carbocycles. The lowest BCUT2D eigenvalue weighted by Gasteiger charge is -2.15. The highest BCUT2D eigenvalue weighted by atomic mass is 16.3. The number of carbonyl (C=O) groups excluding carboxylic acids is 1. The van der Waals surface area contributed by atoms with Gasteiger partial charge in [-0.1, -0.05) is 17.3 Å². The molecule has 1 amide bonds. The number of nitrogens with two attached hydrogens (primary N) is 1. The molecule has 0 spiro atoms. The molecule has 0 aliphatic carbocycles. The highest BCUT2D eigenvalue weighted by Gasteiger charge is 2.15. The van der Waals surface area contributed by atoms with Gasteiger partial charge in [-0.05, 0) is 17.7 Å². The average Bonchev–Trinajstić information content (AvgIpc) is 2.89. The van der Waals surface area contributed by atoms with Gasteiger partial charge in [-0.15, -0.1) is 5.10 Å². The van der Waals surface area contributed by atoms with Gasteiger partial charge < -0.3 is 15.7 Å². The molecule has 1 aromatic heterocycles. The van der Waals surface area contributed by atoms with E-state index in [-0.39, 0.29) is 11.7 Å². The molecule has 0 aliphatic heterocycles. The van der Waals surface area contributed by atoms with E-state index < -0.39 is 0 Å². The Kier molecular flexibility index (Phi) is 4.31. The number of aromatic nitrogens is 3. The topological polar surface area (TPSA) is 97.3 Å². The molecule has 106 valence electrons. The summed E-state index contributed by atoms with van der Waals surface area (Å²) in [6.07, 6.45) is 1.59. The van der Waals surface area contributed by atoms with Crippen LogP contribution in [0.4, 0.5) is 0 Å². The van der Waals surface area contributed by atoms with Crippen LogP contribution in [-0.4, -0.2) is 44.5 Å². The van der Waals surface area contributed by atoms with Crippen molar-refractivity contribution in [2.24, 2.45) is 5.73 Å². The van der Waals surface area contributed by atoms with Gasteiger partial charge in [0.15, 0.2) is 5.69 Å². The number of phenolic OH excluding ortho intramolecular Hbond substituents is 1. The summed E-state index contributed by atoms with van der Waals surface area (Å²) in [7, 11) is 1.69. The first-order chi connectivity index (χ1) is 9.60. The van der Waals surface area contributed by atoms with Crippen molar-refractivity contribution in [3.05, 3.63) is 41.7 Å². The summed E-state index contributed by atoms with van der Waals surface area (Å²) >= 11 is 0. The van der Waals surface area contributed by atoms with Gasteiger partial charge in [0.1, 0.15) is 5.75 Å². The Morgan fingerprint density at radius 1 is 1.40 bits per heavy atom. The van der Waals surface area contributed by atoms with Crippen molar-refractivity contribution < 1.29 is 9.90 Å². The van der Waals surface area contributed by atoms with Crippen LogP contribution in [0.1, 0.15) is 16.1 Å². The Labute approximate surface area is 116 Å². The van der Waals surface area contributed by atoms with Gasteiger partial charge >= 0.3 is 0 Å². The minimum atomic E-state index is -0.207. The first-order valence-corrected chi connectivity index (χ1v) is 6.23. The number of hydrogen-bond acceptors (Lipinski definition) is 5. The van der Waals surface area contributed by atoms with Gasteiger partial charge in [-0.25, -0.2) is 0 Å². The van der Waals surface area contributed by atoms with Gasteiger partial charge in [0.05, 0.1) is 12.7 Å². The van der Waals surface area contributed by atoms with Crippen LogP contribution in [0.15, 0.2) is 30.5 Å². The molecule has 0 aliphatic rings. The minimum Gasteiger partial charge on any atom is -0.508 e. The van der Waals surface area contributed by atoms with E-state index in [4.69, 9.17) is 5.73 Å². The highest BCUT2D eigenvalue weighted by Crippen LogP contribution is 2.12. The second kappa shape index (κ2) is 6.16. The van der Waals surface area contributed by atoms with Gasteiger partial charge in [0, 0.05) is 20.1 Å². The van der Waals surface area contributed by atoms with Gasteiger partial charge in [0.2, 0.25) is 0 Å². The van der Waals surface area contributed by atoms with E-state index in [9.17, 15) is 9.90 Å². The zero-order chi connectivity index (χ0) is 14.5. The second-order valence-electron chi connectivity index (χ2n) is 4.48. The largest absolute Gasteiger partial charge is 0.508 e. The van der Waals surface area contributed by atoms with E-state index in [0.717, 1.165) is 5.56 Å². The quantitative estimate of drug-likeness (QED) is 0.813. The average molecular weight is 275 g/mol. The smallest absolute Gasteiger partial charge is 0.276 e. The summed E-state index contributed by atoms with van der Waals surface area (Å²) in [5, 5.41) is 16.9. The van der Waals surface area contributed by atoms with Gasteiger partial charge in [0.25, 0.3) is 5.91 Å². The zero-order valence-electron chi connectivity index (χ0n) is 11.2. The molecule has 0 unspecified atom stereocenters. The lowest BCUT2D eigenvalue weighted by molar-refractivity contribution is 0.0779. The Hall–Kier alpha value is -2.41. The fourth-order valence-corrected chi connectivity index (χ4v) is 1.78. The summed E-state index contributed by atoms with van der Waals surface area (Å²) in [6.45, 7) is 1.41. The first-order valence-electron chi connectivity index (χ1n) is 6.23. The molecular weight excluding hydrogens is 258 g/mol. The summed E-state index contributed by atoms with van der Waals surface area (Å²) in [4.78, 5) is 13.7. The molecule has 0 saturated heterocycles. The Bertz CT molecular complexity index is 579. The lowest BCUT2D eigenvalue weighted by Crippen LogP contribution is -2.26. The van der Waals surface area contributed by atoms with Crippen molar-refractivity contribution in [2.45, 2.75) is 13.1 Å². The Balaban J connectivity index is 2.02. The second-order valence-corrected chi connectivity index (χ2v) is 4.48. The molecule has 1 heterocycles. The third-order valence-corrected chi connectivity index (χ3v) is 2.82. The predicted molar refractivity (Wildman–Crippen MR) is 73.0 cm³/mol. The summed E-state index contributed by atoms with van der Waals surface area (Å²) in [5.74, 6) is -0.00574. The molecule has 2 rings (SSSR count). The predicted octanol–water partition coefficient (Wildman–Crippen LogP) is 0.215. The van der Waals surface area contributed by atoms with Crippen LogP contribution >= 0.6 is 0 Å². The molecule has 7 nitrogen and oxygen atoms in total. The van der Waals surface area contributed by atoms with Crippen molar-refractivity contribution in [1.29, 1.82) is 0 Å². The lowest BCUT2D eigenvalue weighted by atomic mass is 10.2. The first kappa shape index (κ1) is 14.0. The third kappa shape index (κ3) is 3.33. The molecular formula is C13H17N5O2. The number of amides is 1. The van der Waals surface area contributed by atoms with Crippen LogP contribution in [0.2, 0.25) is 0 Å². The fraction of sp³-hybridized carbons (Fsp3) is 0.308.